The summed E-state index contributed by atoms with van der Waals surface area (Å²) in [4.78, 5) is 21.7. The van der Waals surface area contributed by atoms with Crippen LogP contribution in [0.5, 0.6) is 0 Å². The maximum Gasteiger partial charge on any atom is 0.334 e. The van der Waals surface area contributed by atoms with Crippen LogP contribution in [0.4, 0.5) is 0 Å². The van der Waals surface area contributed by atoms with Gasteiger partial charge in [-0.2, -0.15) is 0 Å². The average Bonchev–Trinajstić information content (AvgIpc) is 2.23. The van der Waals surface area contributed by atoms with Crippen LogP contribution in [-0.2, 0) is 14.3 Å². The highest BCUT2D eigenvalue weighted by Gasteiger charge is 2.46. The third-order valence-electron chi connectivity index (χ3n) is 2.81. The number of carbonyl (C=O) groups excluding carboxylic acids is 2. The summed E-state index contributed by atoms with van der Waals surface area (Å²) in [6.07, 6.45) is -0.877. The Kier molecular flexibility index (Phi) is 5.16. The molecular weight excluding hydrogens is 244 g/mol. The van der Waals surface area contributed by atoms with Crippen molar-refractivity contribution in [2.24, 2.45) is 11.3 Å². The number of alkyl halides is 1. The van der Waals surface area contributed by atoms with Gasteiger partial charge in [0, 0.05) is 5.92 Å². The summed E-state index contributed by atoms with van der Waals surface area (Å²) in [5.74, 6) is -2.08. The van der Waals surface area contributed by atoms with Crippen LogP contribution >= 0.6 is 11.6 Å². The zero-order valence-electron chi connectivity index (χ0n) is 11.2. The van der Waals surface area contributed by atoms with E-state index in [1.165, 1.54) is 14.0 Å². The summed E-state index contributed by atoms with van der Waals surface area (Å²) < 4.78 is 4.48. The van der Waals surface area contributed by atoms with Gasteiger partial charge >= 0.3 is 5.97 Å². The first-order valence-electron chi connectivity index (χ1n) is 5.46. The van der Waals surface area contributed by atoms with Gasteiger partial charge in [0.05, 0.1) is 13.2 Å². The van der Waals surface area contributed by atoms with Gasteiger partial charge in [-0.05, 0) is 12.3 Å². The van der Waals surface area contributed by atoms with E-state index >= 15 is 0 Å². The zero-order valence-corrected chi connectivity index (χ0v) is 12.0. The first-order valence-corrected chi connectivity index (χ1v) is 5.83. The molecule has 0 saturated carbocycles. The van der Waals surface area contributed by atoms with Crippen LogP contribution in [0.3, 0.4) is 0 Å². The summed E-state index contributed by atoms with van der Waals surface area (Å²) >= 11 is 5.89. The van der Waals surface area contributed by atoms with Crippen molar-refractivity contribution in [2.75, 3.05) is 7.11 Å². The minimum absolute atomic E-state index is 0.460. The number of hydrogen-bond acceptors (Lipinski definition) is 4. The maximum atomic E-state index is 12.1. The van der Waals surface area contributed by atoms with Crippen LogP contribution in [0.2, 0.25) is 0 Å². The van der Waals surface area contributed by atoms with Crippen molar-refractivity contribution in [3.05, 3.63) is 0 Å². The molecule has 0 aliphatic heterocycles. The third-order valence-corrected chi connectivity index (χ3v) is 3.15. The number of aliphatic hydroxyl groups is 1. The Bertz CT molecular complexity index is 304. The van der Waals surface area contributed by atoms with Gasteiger partial charge in [0.1, 0.15) is 0 Å². The Morgan fingerprint density at radius 3 is 1.94 bits per heavy atom. The summed E-state index contributed by atoms with van der Waals surface area (Å²) in [5, 5.41) is 10.0. The number of ketones is 1. The second-order valence-electron chi connectivity index (χ2n) is 5.46. The quantitative estimate of drug-likeness (QED) is 0.478. The summed E-state index contributed by atoms with van der Waals surface area (Å²) in [6.45, 7) is 8.28. The molecule has 3 atom stereocenters. The van der Waals surface area contributed by atoms with Crippen LogP contribution in [0.1, 0.15) is 34.6 Å². The van der Waals surface area contributed by atoms with Crippen molar-refractivity contribution in [3.8, 4) is 0 Å². The van der Waals surface area contributed by atoms with E-state index < -0.39 is 34.1 Å². The second-order valence-corrected chi connectivity index (χ2v) is 6.21. The summed E-state index contributed by atoms with van der Waals surface area (Å²) in [7, 11) is 1.17. The van der Waals surface area contributed by atoms with Crippen LogP contribution < -0.4 is 0 Å². The fourth-order valence-electron chi connectivity index (χ4n) is 1.61. The second kappa shape index (κ2) is 5.36. The number of ether oxygens (including phenoxy) is 1. The maximum absolute atomic E-state index is 12.1. The smallest absolute Gasteiger partial charge is 0.334 e. The number of carbonyl (C=O) groups is 2. The molecule has 0 spiro atoms. The lowest BCUT2D eigenvalue weighted by Crippen LogP contribution is -2.47. The zero-order chi connectivity index (χ0) is 14.0. The van der Waals surface area contributed by atoms with Crippen molar-refractivity contribution in [1.82, 2.24) is 0 Å². The molecule has 1 N–H and O–H groups in total. The minimum Gasteiger partial charge on any atom is -0.467 e. The van der Waals surface area contributed by atoms with Gasteiger partial charge in [-0.3, -0.25) is 4.79 Å². The molecule has 0 rings (SSSR count). The van der Waals surface area contributed by atoms with Gasteiger partial charge in [-0.25, -0.2) is 4.79 Å². The molecule has 0 aliphatic rings. The number of methoxy groups -OCH3 is 1. The van der Waals surface area contributed by atoms with Crippen LogP contribution in [0, 0.1) is 11.3 Å². The highest BCUT2D eigenvalue weighted by molar-refractivity contribution is 6.45. The van der Waals surface area contributed by atoms with Crippen molar-refractivity contribution >= 4 is 23.4 Å². The predicted molar refractivity (Wildman–Crippen MR) is 65.9 cm³/mol. The first-order chi connectivity index (χ1) is 7.46. The van der Waals surface area contributed by atoms with E-state index in [1.807, 2.05) is 20.8 Å². The molecule has 0 saturated heterocycles. The van der Waals surface area contributed by atoms with Crippen molar-refractivity contribution in [2.45, 2.75) is 45.6 Å². The van der Waals surface area contributed by atoms with E-state index in [0.29, 0.717) is 0 Å². The number of rotatable bonds is 4. The van der Waals surface area contributed by atoms with Gasteiger partial charge in [0.15, 0.2) is 10.7 Å². The van der Waals surface area contributed by atoms with Gasteiger partial charge < -0.3 is 9.84 Å². The highest BCUT2D eigenvalue weighted by Crippen LogP contribution is 2.30. The lowest BCUT2D eigenvalue weighted by atomic mass is 9.78. The molecule has 17 heavy (non-hydrogen) atoms. The molecule has 0 fully saturated rings. The number of esters is 1. The highest BCUT2D eigenvalue weighted by atomic mass is 35.5. The molecule has 4 nitrogen and oxygen atoms in total. The Balaban J connectivity index is 5.01. The van der Waals surface area contributed by atoms with E-state index in [2.05, 4.69) is 4.74 Å². The number of hydrogen-bond donors (Lipinski definition) is 1. The Morgan fingerprint density at radius 1 is 1.24 bits per heavy atom. The Morgan fingerprint density at radius 2 is 1.65 bits per heavy atom. The Hall–Kier alpha value is -0.610. The van der Waals surface area contributed by atoms with E-state index in [4.69, 9.17) is 11.6 Å². The number of Topliss-reactive ketones (excluding diaryl/α,β-unsaturated/α-hetero) is 1. The fourth-order valence-corrected chi connectivity index (χ4v) is 1.86. The molecule has 0 heterocycles. The fraction of sp³-hybridized carbons (Fsp3) is 0.833. The monoisotopic (exact) mass is 264 g/mol. The molecule has 0 aromatic rings. The molecule has 1 unspecified atom stereocenters. The molecule has 5 heteroatoms. The van der Waals surface area contributed by atoms with Gasteiger partial charge in [-0.1, -0.05) is 39.3 Å². The summed E-state index contributed by atoms with van der Waals surface area (Å²) in [6, 6.07) is 0. The molecule has 0 bridgehead atoms. The topological polar surface area (TPSA) is 63.6 Å². The van der Waals surface area contributed by atoms with E-state index in [0.717, 1.165) is 0 Å². The van der Waals surface area contributed by atoms with E-state index in [-0.39, 0.29) is 0 Å². The van der Waals surface area contributed by atoms with Crippen LogP contribution in [-0.4, -0.2) is 34.9 Å². The summed E-state index contributed by atoms with van der Waals surface area (Å²) in [5.41, 5.74) is -0.460. The standard InChI is InChI=1S/C12H21ClO4/c1-7(8(14)11(2,3)4)9(15)12(5,13)10(16)17-6/h7-8,14H,1-6H3/t7?,8-,12+/m0/s1. The lowest BCUT2D eigenvalue weighted by molar-refractivity contribution is -0.149. The molecule has 0 amide bonds. The van der Waals surface area contributed by atoms with Crippen molar-refractivity contribution < 1.29 is 19.4 Å². The Labute approximate surface area is 107 Å². The van der Waals surface area contributed by atoms with Gasteiger partial charge in [0.2, 0.25) is 0 Å². The third kappa shape index (κ3) is 3.68. The van der Waals surface area contributed by atoms with E-state index in [9.17, 15) is 14.7 Å². The van der Waals surface area contributed by atoms with E-state index in [1.54, 1.807) is 6.92 Å². The molecule has 0 aromatic carbocycles. The van der Waals surface area contributed by atoms with Crippen molar-refractivity contribution in [3.63, 3.8) is 0 Å². The number of aliphatic hydroxyl groups excluding tert-OH is 1. The minimum atomic E-state index is -1.75. The molecule has 100 valence electrons. The molecule has 0 radical (unpaired) electrons. The lowest BCUT2D eigenvalue weighted by Gasteiger charge is -2.32. The average molecular weight is 265 g/mol. The van der Waals surface area contributed by atoms with Gasteiger partial charge in [-0.15, -0.1) is 0 Å². The van der Waals surface area contributed by atoms with Crippen LogP contribution in [0.25, 0.3) is 0 Å². The molecule has 0 aromatic heterocycles. The molecular formula is C12H21ClO4. The van der Waals surface area contributed by atoms with Crippen molar-refractivity contribution in [1.29, 1.82) is 0 Å². The number of halogens is 1. The van der Waals surface area contributed by atoms with Gasteiger partial charge in [0.25, 0.3) is 0 Å². The predicted octanol–water partition coefficient (Wildman–Crippen LogP) is 1.77. The first kappa shape index (κ1) is 16.4. The SMILES string of the molecule is COC(=O)[C@](C)(Cl)C(=O)C(C)[C@H](O)C(C)(C)C. The van der Waals surface area contributed by atoms with Crippen LogP contribution in [0.15, 0.2) is 0 Å². The normalized spacial score (nSPS) is 19.1. The largest absolute Gasteiger partial charge is 0.467 e. The molecule has 0 aliphatic carbocycles.